The highest BCUT2D eigenvalue weighted by Crippen LogP contribution is 2.36. The van der Waals surface area contributed by atoms with E-state index < -0.39 is 29.9 Å². The number of nitro benzene ring substituents is 2. The predicted molar refractivity (Wildman–Crippen MR) is 371 cm³/mol. The molecule has 0 aliphatic carbocycles. The first-order valence-corrected chi connectivity index (χ1v) is 34.3. The number of nitrogens with zero attached hydrogens (tertiary/aromatic N) is 2. The van der Waals surface area contributed by atoms with Crippen LogP contribution in [-0.4, -0.2) is 42.1 Å². The van der Waals surface area contributed by atoms with E-state index >= 15 is 0 Å². The molecule has 87 heavy (non-hydrogen) atoms. The first kappa shape index (κ1) is 74.6. The molecule has 0 bridgehead atoms. The Kier molecular flexibility index (Phi) is 34.9. The Morgan fingerprint density at radius 2 is 0.874 bits per heavy atom. The predicted octanol–water partition coefficient (Wildman–Crippen LogP) is 21.5. The molecule has 0 amide bonds. The third-order valence-corrected chi connectivity index (χ3v) is 22.4. The maximum Gasteiger partial charge on any atom is 0.343 e. The SMILES string of the molecule is C=Cc1ccc(C(=O)Oc2ccc(-c3ccc(O[C@@H](C)CCCCCC)c([N+](=O)[O-])c3)cc2)cc1.CCCCCC[C@H](C)Oc1ccc(OC(=O)c2ccc(-c3ccc(CCCCCCCCCC[Si](CC)(CC)CC)cc3)cc2)cc1[N+](=O)[O-].S.S. The van der Waals surface area contributed by atoms with Crippen molar-refractivity contribution in [1.82, 2.24) is 0 Å². The average Bonchev–Trinajstić information content (AvgIpc) is 2.95. The van der Waals surface area contributed by atoms with Crippen LogP contribution in [-0.2, 0) is 6.42 Å². The molecule has 6 aromatic rings. The molecule has 472 valence electrons. The molecule has 0 spiro atoms. The van der Waals surface area contributed by atoms with E-state index in [0.29, 0.717) is 22.4 Å². The number of carbonyl (C=O) groups is 2. The van der Waals surface area contributed by atoms with Crippen molar-refractivity contribution in [3.8, 4) is 45.3 Å². The molecule has 6 rings (SSSR count). The summed E-state index contributed by atoms with van der Waals surface area (Å²) >= 11 is 0. The number of rotatable bonds is 37. The van der Waals surface area contributed by atoms with Gasteiger partial charge in [0.2, 0.25) is 0 Å². The number of benzene rings is 6. The number of esters is 2. The fraction of sp³-hybridized carbons (Fsp3) is 0.444. The van der Waals surface area contributed by atoms with Crippen LogP contribution in [0.5, 0.6) is 23.0 Å². The highest BCUT2D eigenvalue weighted by Gasteiger charge is 2.26. The minimum atomic E-state index is -0.927. The molecule has 0 N–H and O–H groups in total. The van der Waals surface area contributed by atoms with Crippen molar-refractivity contribution in [1.29, 1.82) is 0 Å². The lowest BCUT2D eigenvalue weighted by Crippen LogP contribution is -2.30. The smallest absolute Gasteiger partial charge is 0.343 e. The van der Waals surface area contributed by atoms with E-state index in [1.165, 1.54) is 112 Å². The zero-order valence-electron chi connectivity index (χ0n) is 52.9. The van der Waals surface area contributed by atoms with Gasteiger partial charge in [0.25, 0.3) is 0 Å². The average molecular weight is 1240 g/mol. The fourth-order valence-corrected chi connectivity index (χ4v) is 14.2. The van der Waals surface area contributed by atoms with Gasteiger partial charge in [0.1, 0.15) is 11.5 Å². The van der Waals surface area contributed by atoms with Crippen LogP contribution in [0.25, 0.3) is 28.3 Å². The van der Waals surface area contributed by atoms with E-state index in [1.54, 1.807) is 84.9 Å². The molecule has 0 unspecified atom stereocenters. The van der Waals surface area contributed by atoms with Gasteiger partial charge in [-0.05, 0) is 140 Å². The van der Waals surface area contributed by atoms with Crippen molar-refractivity contribution < 1.29 is 38.4 Å². The summed E-state index contributed by atoms with van der Waals surface area (Å²) in [7, 11) is -0.927. The van der Waals surface area contributed by atoms with Gasteiger partial charge in [-0.3, -0.25) is 20.2 Å². The van der Waals surface area contributed by atoms with Crippen molar-refractivity contribution in [3.05, 3.63) is 183 Å². The molecule has 0 heterocycles. The maximum atomic E-state index is 12.9. The van der Waals surface area contributed by atoms with E-state index in [1.807, 2.05) is 26.0 Å². The Bertz CT molecular complexity index is 2980. The van der Waals surface area contributed by atoms with Gasteiger partial charge in [-0.25, -0.2) is 9.59 Å². The van der Waals surface area contributed by atoms with E-state index in [4.69, 9.17) is 18.9 Å². The maximum absolute atomic E-state index is 12.9. The lowest BCUT2D eigenvalue weighted by Gasteiger charge is -2.28. The summed E-state index contributed by atoms with van der Waals surface area (Å²) in [5.74, 6) is -0.0779. The fourth-order valence-electron chi connectivity index (χ4n) is 10.6. The molecule has 0 saturated heterocycles. The van der Waals surface area contributed by atoms with Crippen molar-refractivity contribution >= 4 is 64.5 Å². The summed E-state index contributed by atoms with van der Waals surface area (Å²) in [6.07, 6.45) is 24.1. The molecule has 0 saturated carbocycles. The van der Waals surface area contributed by atoms with Crippen molar-refractivity contribution in [3.63, 3.8) is 0 Å². The van der Waals surface area contributed by atoms with Gasteiger partial charge in [-0.1, -0.05) is 222 Å². The van der Waals surface area contributed by atoms with Crippen molar-refractivity contribution in [2.75, 3.05) is 0 Å². The molecular weight excluding hydrogens is 1150 g/mol. The van der Waals surface area contributed by atoms with Crippen LogP contribution in [0.15, 0.2) is 140 Å². The number of carbonyl (C=O) groups excluding carboxylic acids is 2. The van der Waals surface area contributed by atoms with Crippen LogP contribution in [0.1, 0.15) is 196 Å². The molecule has 2 atom stereocenters. The Labute approximate surface area is 534 Å². The van der Waals surface area contributed by atoms with Crippen molar-refractivity contribution in [2.45, 2.75) is 207 Å². The Hall–Kier alpha value is -6.68. The molecule has 0 aliphatic heterocycles. The molecule has 15 heteroatoms. The van der Waals surface area contributed by atoms with Gasteiger partial charge in [0, 0.05) is 6.07 Å². The number of hydrogen-bond donors (Lipinski definition) is 0. The first-order valence-electron chi connectivity index (χ1n) is 31.5. The second-order valence-electron chi connectivity index (χ2n) is 22.7. The summed E-state index contributed by atoms with van der Waals surface area (Å²) in [6.45, 7) is 19.1. The monoisotopic (exact) mass is 1240 g/mol. The topological polar surface area (TPSA) is 157 Å². The van der Waals surface area contributed by atoms with Crippen LogP contribution in [0.4, 0.5) is 11.4 Å². The minimum absolute atomic E-state index is 0. The van der Waals surface area contributed by atoms with Gasteiger partial charge in [0.15, 0.2) is 11.5 Å². The standard InChI is InChI=1S/C43H63NO5Si.C29H31NO5.2H2S/c1-6-10-11-18-21-35(5)48-42-32-31-40(34-41(42)44(46)47)49-43(45)39-29-27-38(28-30-39)37-25-23-36(24-26-37)22-19-16-14-12-13-15-17-20-33-50(7-2,8-3)9-4;1-4-6-7-8-9-21(3)34-28-19-16-25(20-27(28)30(32)33)23-14-17-26(18-15-23)35-29(31)24-12-10-22(5-2)11-13-24;;/h23-32,34-35H,6-22,33H2,1-5H3;5,10-21H,2,4,6-9H2,1,3H3;2*1H2/t35-;21-;;/m00../s1. The third kappa shape index (κ3) is 25.5. The number of aryl methyl sites for hydroxylation is 1. The third-order valence-electron chi connectivity index (χ3n) is 16.4. The largest absolute Gasteiger partial charge is 0.484 e. The summed E-state index contributed by atoms with van der Waals surface area (Å²) in [5, 5.41) is 23.5. The van der Waals surface area contributed by atoms with Crippen LogP contribution >= 0.6 is 27.0 Å². The van der Waals surface area contributed by atoms with E-state index in [2.05, 4.69) is 65.5 Å². The number of unbranched alkanes of at least 4 members (excludes halogenated alkanes) is 13. The quantitative estimate of drug-likeness (QED) is 0.00918. The Morgan fingerprint density at radius 3 is 1.36 bits per heavy atom. The summed E-state index contributed by atoms with van der Waals surface area (Å²) in [5.41, 5.74) is 6.36. The molecule has 0 aliphatic rings. The lowest BCUT2D eigenvalue weighted by molar-refractivity contribution is -0.386. The molecule has 0 fully saturated rings. The van der Waals surface area contributed by atoms with Gasteiger partial charge < -0.3 is 18.9 Å². The molecule has 0 radical (unpaired) electrons. The molecule has 6 aromatic carbocycles. The summed E-state index contributed by atoms with van der Waals surface area (Å²) in [6, 6.07) is 45.0. The molecular formula is C72H98N2O10S2Si. The Morgan fingerprint density at radius 1 is 0.483 bits per heavy atom. The number of hydrogen-bond acceptors (Lipinski definition) is 10. The number of ether oxygens (including phenoxy) is 4. The van der Waals surface area contributed by atoms with Gasteiger partial charge in [-0.15, -0.1) is 0 Å². The van der Waals surface area contributed by atoms with E-state index in [0.717, 1.165) is 80.0 Å². The zero-order valence-corrected chi connectivity index (χ0v) is 55.9. The van der Waals surface area contributed by atoms with Crippen LogP contribution < -0.4 is 18.9 Å². The highest BCUT2D eigenvalue weighted by molar-refractivity contribution is 7.59. The second-order valence-corrected chi connectivity index (χ2v) is 28.3. The molecule has 12 nitrogen and oxygen atoms in total. The minimum Gasteiger partial charge on any atom is -0.484 e. The number of nitro groups is 2. The van der Waals surface area contributed by atoms with Crippen LogP contribution in [0.2, 0.25) is 24.2 Å². The summed E-state index contributed by atoms with van der Waals surface area (Å²) in [4.78, 5) is 47.8. The normalized spacial score (nSPS) is 11.6. The highest BCUT2D eigenvalue weighted by atomic mass is 32.1. The second kappa shape index (κ2) is 40.7. The summed E-state index contributed by atoms with van der Waals surface area (Å²) < 4.78 is 22.7. The van der Waals surface area contributed by atoms with Crippen LogP contribution in [0.3, 0.4) is 0 Å². The molecule has 0 aromatic heterocycles. The lowest BCUT2D eigenvalue weighted by atomic mass is 10.00. The van der Waals surface area contributed by atoms with E-state index in [9.17, 15) is 29.8 Å². The van der Waals surface area contributed by atoms with Gasteiger partial charge >= 0.3 is 23.3 Å². The zero-order chi connectivity index (χ0) is 61.4. The van der Waals surface area contributed by atoms with E-state index in [-0.39, 0.29) is 67.8 Å². The first-order chi connectivity index (χ1) is 41.1. The van der Waals surface area contributed by atoms with Crippen molar-refractivity contribution in [2.24, 2.45) is 0 Å². The Balaban J connectivity index is 0.000000471. The van der Waals surface area contributed by atoms with Gasteiger partial charge in [-0.2, -0.15) is 27.0 Å². The van der Waals surface area contributed by atoms with Gasteiger partial charge in [0.05, 0.1) is 47.3 Å². The van der Waals surface area contributed by atoms with Crippen LogP contribution in [0, 0.1) is 20.2 Å².